The van der Waals surface area contributed by atoms with Gasteiger partial charge >= 0.3 is 90.7 Å². The minimum absolute atomic E-state index is 0.148. The van der Waals surface area contributed by atoms with Crippen LogP contribution in [0.25, 0.3) is 10.6 Å². The second kappa shape index (κ2) is 16.4. The van der Waals surface area contributed by atoms with Crippen LogP contribution >= 0.6 is 0 Å². The molecule has 0 unspecified atom stereocenters. The molecule has 0 saturated heterocycles. The fourth-order valence-electron chi connectivity index (χ4n) is 1.07. The van der Waals surface area contributed by atoms with E-state index in [-0.39, 0.29) is 16.6 Å². The Kier molecular flexibility index (Phi) is 19.6. The summed E-state index contributed by atoms with van der Waals surface area (Å²) in [4.78, 5) is 0. The van der Waals surface area contributed by atoms with Gasteiger partial charge in [-0.15, -0.1) is 5.54 Å². The average Bonchev–Trinajstić information content (AvgIpc) is 2.48. The quantitative estimate of drug-likeness (QED) is 0.372. The van der Waals surface area contributed by atoms with Gasteiger partial charge in [0.1, 0.15) is 0 Å². The summed E-state index contributed by atoms with van der Waals surface area (Å²) in [6.07, 6.45) is 2.22. The molecule has 0 atom stereocenters. The first-order valence-corrected chi connectivity index (χ1v) is 11.5. The molecule has 152 valence electrons. The van der Waals surface area contributed by atoms with Crippen LogP contribution in [0.4, 0.5) is 0 Å². The van der Waals surface area contributed by atoms with Crippen LogP contribution in [-0.2, 0) is 18.2 Å². The minimum atomic E-state index is -0.492. The van der Waals surface area contributed by atoms with Crippen molar-refractivity contribution >= 4 is 0 Å². The van der Waals surface area contributed by atoms with Gasteiger partial charge in [-0.3, -0.25) is 0 Å². The Morgan fingerprint density at radius 1 is 0.640 bits per heavy atom. The summed E-state index contributed by atoms with van der Waals surface area (Å²) in [7, 11) is 0. The Labute approximate surface area is 168 Å². The van der Waals surface area contributed by atoms with Crippen LogP contribution in [0.2, 0.25) is 0 Å². The van der Waals surface area contributed by atoms with Gasteiger partial charge in [-0.1, -0.05) is 41.5 Å². The zero-order valence-corrected chi connectivity index (χ0v) is 21.2. The molecule has 0 radical (unpaired) electrons. The SMILES string of the molecule is CCC(C)(C)[N]=[Mo+2]=[N]C(C)(C)CC.CC[N-]C(C)(C)C.CC[N-]CC. The fourth-order valence-corrected chi connectivity index (χ4v) is 2.89. The van der Waals surface area contributed by atoms with E-state index in [2.05, 4.69) is 86.9 Å². The number of rotatable bonds is 7. The zero-order valence-electron chi connectivity index (χ0n) is 19.2. The molecule has 0 N–H and O–H groups in total. The first-order valence-electron chi connectivity index (χ1n) is 9.73. The maximum Gasteiger partial charge on any atom is -0.0793 e. The van der Waals surface area contributed by atoms with E-state index in [1.165, 1.54) is 0 Å². The first-order chi connectivity index (χ1) is 11.3. The van der Waals surface area contributed by atoms with Crippen LogP contribution in [0.3, 0.4) is 0 Å². The number of nitrogens with zero attached hydrogens (tertiary/aromatic N) is 4. The molecule has 4 nitrogen and oxygen atoms in total. The summed E-state index contributed by atoms with van der Waals surface area (Å²) >= 11 is -0.492. The Bertz CT molecular complexity index is 329. The molecule has 0 aromatic rings. The van der Waals surface area contributed by atoms with Gasteiger partial charge in [0.05, 0.1) is 0 Å². The average molecular weight is 439 g/mol. The van der Waals surface area contributed by atoms with E-state index in [0.717, 1.165) is 32.5 Å². The van der Waals surface area contributed by atoms with Crippen LogP contribution < -0.4 is 0 Å². The van der Waals surface area contributed by atoms with Crippen molar-refractivity contribution in [2.75, 3.05) is 19.6 Å². The standard InChI is InChI=1S/C6H14N.2C5H11N.C4H10N.Mo/c1-5-7-6(2,3)4;2*1-4-5(2,3)6;1-3-5-4-2;/h5H2,1-4H3;2*4H2,1-3H3;3-4H2,1-2H3;/q-1;;;-1;+2. The molecule has 0 aliphatic rings. The molecular formula is C20H46MoN4. The molecule has 0 heterocycles. The number of hydrogen-bond acceptors (Lipinski definition) is 2. The van der Waals surface area contributed by atoms with Crippen LogP contribution in [0.1, 0.15) is 95.9 Å². The van der Waals surface area contributed by atoms with Gasteiger partial charge in [0.2, 0.25) is 0 Å². The summed E-state index contributed by atoms with van der Waals surface area (Å²) in [5.41, 5.74) is 0.472. The molecule has 0 bridgehead atoms. The Balaban J connectivity index is -0.000000337. The molecule has 0 fully saturated rings. The molecule has 0 aromatic carbocycles. The molecule has 0 amide bonds. The molecule has 0 saturated carbocycles. The molecule has 0 spiro atoms. The first kappa shape index (κ1) is 30.0. The second-order valence-electron chi connectivity index (χ2n) is 8.10. The Morgan fingerprint density at radius 3 is 1.12 bits per heavy atom. The van der Waals surface area contributed by atoms with Crippen LogP contribution in [0.15, 0.2) is 6.99 Å². The van der Waals surface area contributed by atoms with E-state index in [4.69, 9.17) is 0 Å². The van der Waals surface area contributed by atoms with Crippen molar-refractivity contribution in [3.8, 4) is 0 Å². The molecule has 5 heteroatoms. The van der Waals surface area contributed by atoms with Crippen LogP contribution in [-0.4, -0.2) is 36.3 Å². The van der Waals surface area contributed by atoms with Gasteiger partial charge < -0.3 is 10.6 Å². The molecule has 0 aromatic heterocycles. The third-order valence-electron chi connectivity index (χ3n) is 3.39. The number of hydrogen-bond donors (Lipinski definition) is 0. The van der Waals surface area contributed by atoms with E-state index in [1.807, 2.05) is 13.8 Å². The monoisotopic (exact) mass is 440 g/mol. The smallest absolute Gasteiger partial charge is 0.0793 e. The predicted octanol–water partition coefficient (Wildman–Crippen LogP) is 7.39. The summed E-state index contributed by atoms with van der Waals surface area (Å²) in [5, 5.41) is 8.23. The van der Waals surface area contributed by atoms with Gasteiger partial charge in [0.15, 0.2) is 0 Å². The van der Waals surface area contributed by atoms with Gasteiger partial charge in [-0.25, -0.2) is 0 Å². The molecular weight excluding hydrogens is 392 g/mol. The van der Waals surface area contributed by atoms with Crippen LogP contribution in [0, 0.1) is 0 Å². The van der Waals surface area contributed by atoms with Crippen LogP contribution in [0.5, 0.6) is 0 Å². The predicted molar refractivity (Wildman–Crippen MR) is 112 cm³/mol. The third kappa shape index (κ3) is 29.2. The molecule has 0 rings (SSSR count). The van der Waals surface area contributed by atoms with Crippen molar-refractivity contribution in [2.24, 2.45) is 6.99 Å². The summed E-state index contributed by atoms with van der Waals surface area (Å²) < 4.78 is 9.34. The zero-order chi connectivity index (χ0) is 20.6. The Hall–Kier alpha value is 0.208. The van der Waals surface area contributed by atoms with Crippen molar-refractivity contribution in [3.05, 3.63) is 10.6 Å². The fraction of sp³-hybridized carbons (Fsp3) is 1.00. The summed E-state index contributed by atoms with van der Waals surface area (Å²) in [6, 6.07) is 0. The van der Waals surface area contributed by atoms with Crippen molar-refractivity contribution in [1.82, 2.24) is 0 Å². The summed E-state index contributed by atoms with van der Waals surface area (Å²) in [6.45, 7) is 28.5. The maximum atomic E-state index is 4.67. The topological polar surface area (TPSA) is 52.9 Å². The largest absolute Gasteiger partial charge is 0.663 e. The van der Waals surface area contributed by atoms with Crippen molar-refractivity contribution in [1.29, 1.82) is 0 Å². The van der Waals surface area contributed by atoms with Gasteiger partial charge in [-0.05, 0) is 0 Å². The molecule has 0 aliphatic heterocycles. The minimum Gasteiger partial charge on any atom is -0.663 e. The maximum absolute atomic E-state index is 4.67. The van der Waals surface area contributed by atoms with E-state index < -0.39 is 18.2 Å². The van der Waals surface area contributed by atoms with E-state index in [1.54, 1.807) is 0 Å². The molecule has 0 aliphatic carbocycles. The van der Waals surface area contributed by atoms with E-state index in [0.29, 0.717) is 0 Å². The van der Waals surface area contributed by atoms with Crippen molar-refractivity contribution in [3.63, 3.8) is 0 Å². The van der Waals surface area contributed by atoms with Gasteiger partial charge in [0, 0.05) is 0 Å². The normalized spacial score (nSPS) is 11.4. The Morgan fingerprint density at radius 2 is 1.00 bits per heavy atom. The van der Waals surface area contributed by atoms with Gasteiger partial charge in [0.25, 0.3) is 0 Å². The summed E-state index contributed by atoms with van der Waals surface area (Å²) in [5.74, 6) is 0. The van der Waals surface area contributed by atoms with E-state index in [9.17, 15) is 0 Å². The molecule has 25 heavy (non-hydrogen) atoms. The second-order valence-corrected chi connectivity index (χ2v) is 9.40. The third-order valence-corrected chi connectivity index (χ3v) is 6.22. The van der Waals surface area contributed by atoms with E-state index >= 15 is 0 Å². The van der Waals surface area contributed by atoms with Gasteiger partial charge in [-0.2, -0.15) is 19.6 Å². The van der Waals surface area contributed by atoms with Crippen molar-refractivity contribution < 1.29 is 18.2 Å². The van der Waals surface area contributed by atoms with Crippen molar-refractivity contribution in [2.45, 2.75) is 113 Å².